The van der Waals surface area contributed by atoms with Crippen LogP contribution in [0.25, 0.3) is 0 Å². The number of rotatable bonds is 5. The van der Waals surface area contributed by atoms with Gasteiger partial charge in [0.15, 0.2) is 5.81 Å². The molecule has 0 aromatic rings. The van der Waals surface area contributed by atoms with Crippen molar-refractivity contribution < 1.29 is 14.3 Å². The lowest BCUT2D eigenvalue weighted by atomic mass is 9.73. The van der Waals surface area contributed by atoms with Crippen molar-refractivity contribution in [3.63, 3.8) is 0 Å². The van der Waals surface area contributed by atoms with Gasteiger partial charge in [0.05, 0.1) is 11.8 Å². The Morgan fingerprint density at radius 2 is 2.17 bits per heavy atom. The van der Waals surface area contributed by atoms with E-state index in [1.54, 1.807) is 7.11 Å². The van der Waals surface area contributed by atoms with E-state index in [1.807, 2.05) is 6.92 Å². The molecular weight excluding hydrogens is 157 g/mol. The van der Waals surface area contributed by atoms with E-state index in [0.717, 1.165) is 7.28 Å². The van der Waals surface area contributed by atoms with Crippen LogP contribution in [0.1, 0.15) is 13.8 Å². The van der Waals surface area contributed by atoms with Crippen LogP contribution in [0.15, 0.2) is 0 Å². The van der Waals surface area contributed by atoms with Crippen molar-refractivity contribution in [2.75, 3.05) is 13.7 Å². The minimum absolute atomic E-state index is 0.0330. The van der Waals surface area contributed by atoms with E-state index in [2.05, 4.69) is 5.32 Å². The summed E-state index contributed by atoms with van der Waals surface area (Å²) in [5.74, 6) is -0.369. The first-order chi connectivity index (χ1) is 5.56. The van der Waals surface area contributed by atoms with E-state index >= 15 is 0 Å². The third kappa shape index (κ3) is 5.91. The minimum atomic E-state index is -0.369. The number of amides is 1. The van der Waals surface area contributed by atoms with Gasteiger partial charge in [-0.3, -0.25) is 4.79 Å². The van der Waals surface area contributed by atoms with E-state index in [9.17, 15) is 9.59 Å². The average Bonchev–Trinajstić information content (AvgIpc) is 1.99. The summed E-state index contributed by atoms with van der Waals surface area (Å²) in [6, 6.07) is 0. The van der Waals surface area contributed by atoms with Crippen LogP contribution in [0, 0.1) is 0 Å². The lowest BCUT2D eigenvalue weighted by Gasteiger charge is -2.09. The summed E-state index contributed by atoms with van der Waals surface area (Å²) in [6.45, 7) is 3.58. The topological polar surface area (TPSA) is 55.4 Å². The molecule has 1 amide bonds. The maximum absolute atomic E-state index is 10.8. The van der Waals surface area contributed by atoms with Gasteiger partial charge in [-0.2, -0.15) is 0 Å². The minimum Gasteiger partial charge on any atom is -0.380 e. The molecule has 0 aliphatic rings. The fraction of sp³-hybridized carbons (Fsp3) is 0.714. The molecule has 4 nitrogen and oxygen atoms in total. The molecule has 0 heterocycles. The molecule has 0 saturated heterocycles. The summed E-state index contributed by atoms with van der Waals surface area (Å²) in [5.41, 5.74) is -0.252. The van der Waals surface area contributed by atoms with Crippen molar-refractivity contribution in [3.05, 3.63) is 0 Å². The molecule has 0 aliphatic carbocycles. The average molecular weight is 170 g/mol. The van der Waals surface area contributed by atoms with Crippen LogP contribution in [0.5, 0.6) is 0 Å². The zero-order valence-corrected chi connectivity index (χ0v) is 7.59. The van der Waals surface area contributed by atoms with Crippen LogP contribution in [0.2, 0.25) is 0 Å². The Balaban J connectivity index is 3.50. The van der Waals surface area contributed by atoms with Gasteiger partial charge in [0.2, 0.25) is 0 Å². The third-order valence-corrected chi connectivity index (χ3v) is 1.30. The monoisotopic (exact) mass is 170 g/mol. The Hall–Kier alpha value is -0.835. The molecule has 0 rings (SSSR count). The van der Waals surface area contributed by atoms with Gasteiger partial charge in [0.1, 0.15) is 0 Å². The number of hydrogen-bond donors (Lipinski definition) is 1. The second kappa shape index (κ2) is 5.77. The van der Waals surface area contributed by atoms with Gasteiger partial charge in [0.25, 0.3) is 0 Å². The van der Waals surface area contributed by atoms with Gasteiger partial charge < -0.3 is 14.8 Å². The van der Waals surface area contributed by atoms with Gasteiger partial charge in [-0.1, -0.05) is 0 Å². The fourth-order valence-electron chi connectivity index (χ4n) is 0.563. The molecule has 0 aliphatic heterocycles. The van der Waals surface area contributed by atoms with Gasteiger partial charge in [-0.05, 0) is 13.8 Å². The van der Waals surface area contributed by atoms with E-state index < -0.39 is 0 Å². The third-order valence-electron chi connectivity index (χ3n) is 1.30. The summed E-state index contributed by atoms with van der Waals surface area (Å²) >= 11 is 0. The number of nitrogens with one attached hydrogen (secondary N) is 1. The number of ether oxygens (including phenoxy) is 1. The van der Waals surface area contributed by atoms with Crippen LogP contribution in [-0.4, -0.2) is 38.5 Å². The Bertz CT molecular complexity index is 172. The largest absolute Gasteiger partial charge is 0.380 e. The van der Waals surface area contributed by atoms with Crippen molar-refractivity contribution >= 4 is 18.8 Å². The maximum atomic E-state index is 10.8. The van der Waals surface area contributed by atoms with Crippen LogP contribution >= 0.6 is 0 Å². The van der Waals surface area contributed by atoms with Gasteiger partial charge in [0, 0.05) is 13.7 Å². The number of hydrogen-bond acceptors (Lipinski definition) is 3. The highest BCUT2D eigenvalue weighted by atomic mass is 16.5. The molecule has 0 spiro atoms. The van der Waals surface area contributed by atoms with Crippen LogP contribution < -0.4 is 5.32 Å². The zero-order valence-electron chi connectivity index (χ0n) is 7.59. The molecule has 1 radical (unpaired) electrons. The molecule has 1 unspecified atom stereocenters. The van der Waals surface area contributed by atoms with E-state index in [0.29, 0.717) is 6.54 Å². The standard InChI is InChI=1S/C7H13BNO3/c1-5(12-3)4-9-7(11)8-6(2)10/h5H,4H2,1-3H3,(H,9,11). The molecular formula is C7H13BNO3. The first-order valence-electron chi connectivity index (χ1n) is 3.72. The maximum Gasteiger partial charge on any atom is 0.319 e. The van der Waals surface area contributed by atoms with Crippen molar-refractivity contribution in [2.45, 2.75) is 20.0 Å². The van der Waals surface area contributed by atoms with Gasteiger partial charge in [-0.25, -0.2) is 0 Å². The molecule has 67 valence electrons. The van der Waals surface area contributed by atoms with Gasteiger partial charge >= 0.3 is 7.28 Å². The molecule has 0 fully saturated rings. The summed E-state index contributed by atoms with van der Waals surface area (Å²) in [4.78, 5) is 21.3. The first-order valence-corrected chi connectivity index (χ1v) is 3.72. The summed E-state index contributed by atoms with van der Waals surface area (Å²) in [6.07, 6.45) is -0.0330. The quantitative estimate of drug-likeness (QED) is 0.590. The van der Waals surface area contributed by atoms with Crippen molar-refractivity contribution in [3.8, 4) is 0 Å². The predicted molar refractivity (Wildman–Crippen MR) is 46.3 cm³/mol. The molecule has 0 aromatic carbocycles. The molecule has 0 bridgehead atoms. The lowest BCUT2D eigenvalue weighted by molar-refractivity contribution is -0.110. The highest BCUT2D eigenvalue weighted by molar-refractivity contribution is 6.96. The SMILES string of the molecule is COC(C)CNC(=O)[B]C(C)=O. The number of methoxy groups -OCH3 is 1. The summed E-state index contributed by atoms with van der Waals surface area (Å²) in [7, 11) is 2.58. The van der Waals surface area contributed by atoms with Crippen molar-refractivity contribution in [1.29, 1.82) is 0 Å². The Morgan fingerprint density at radius 3 is 2.58 bits per heavy atom. The van der Waals surface area contributed by atoms with Crippen LogP contribution in [0.3, 0.4) is 0 Å². The van der Waals surface area contributed by atoms with E-state index in [-0.39, 0.29) is 17.6 Å². The Kier molecular flexibility index (Phi) is 5.37. The normalized spacial score (nSPS) is 11.9. The first kappa shape index (κ1) is 11.2. The molecule has 0 saturated carbocycles. The zero-order chi connectivity index (χ0) is 9.56. The van der Waals surface area contributed by atoms with Gasteiger partial charge in [-0.15, -0.1) is 0 Å². The summed E-state index contributed by atoms with van der Waals surface area (Å²) in [5, 5.41) is 2.52. The molecule has 0 aromatic heterocycles. The fourth-order valence-corrected chi connectivity index (χ4v) is 0.563. The second-order valence-corrected chi connectivity index (χ2v) is 2.55. The highest BCUT2D eigenvalue weighted by Gasteiger charge is 2.08. The number of carbonyl (C=O) groups is 2. The Morgan fingerprint density at radius 1 is 1.58 bits per heavy atom. The van der Waals surface area contributed by atoms with Crippen LogP contribution in [0.4, 0.5) is 4.79 Å². The van der Waals surface area contributed by atoms with Crippen molar-refractivity contribution in [1.82, 2.24) is 5.32 Å². The lowest BCUT2D eigenvalue weighted by Crippen LogP contribution is -2.36. The Labute approximate surface area is 72.9 Å². The van der Waals surface area contributed by atoms with Crippen LogP contribution in [-0.2, 0) is 9.53 Å². The highest BCUT2D eigenvalue weighted by Crippen LogP contribution is 1.83. The molecule has 1 atom stereocenters. The second-order valence-electron chi connectivity index (χ2n) is 2.55. The van der Waals surface area contributed by atoms with E-state index in [4.69, 9.17) is 4.74 Å². The molecule has 12 heavy (non-hydrogen) atoms. The molecule has 1 N–H and O–H groups in total. The van der Waals surface area contributed by atoms with E-state index in [1.165, 1.54) is 6.92 Å². The van der Waals surface area contributed by atoms with Crippen molar-refractivity contribution in [2.24, 2.45) is 0 Å². The number of carbonyl (C=O) groups excluding carboxylic acids is 2. The predicted octanol–water partition coefficient (Wildman–Crippen LogP) is -0.0184. The molecule has 5 heteroatoms. The summed E-state index contributed by atoms with van der Waals surface area (Å²) < 4.78 is 4.89. The smallest absolute Gasteiger partial charge is 0.319 e.